The number of pyridine rings is 1. The van der Waals surface area contributed by atoms with Crippen molar-refractivity contribution in [3.8, 4) is 0 Å². The lowest BCUT2D eigenvalue weighted by atomic mass is 9.96. The second kappa shape index (κ2) is 8.34. The first-order valence-electron chi connectivity index (χ1n) is 7.80. The average Bonchev–Trinajstić information content (AvgIpc) is 2.99. The summed E-state index contributed by atoms with van der Waals surface area (Å²) in [7, 11) is 0. The van der Waals surface area contributed by atoms with Crippen molar-refractivity contribution >= 4 is 24.1 Å². The largest absolute Gasteiger partial charge is 0.357 e. The number of aromatic nitrogens is 1. The number of amides is 1. The van der Waals surface area contributed by atoms with Gasteiger partial charge in [0, 0.05) is 25.8 Å². The summed E-state index contributed by atoms with van der Waals surface area (Å²) in [5, 5.41) is 2.90. The second-order valence-corrected chi connectivity index (χ2v) is 6.07. The van der Waals surface area contributed by atoms with E-state index in [4.69, 9.17) is 5.73 Å². The van der Waals surface area contributed by atoms with Crippen LogP contribution in [0.3, 0.4) is 0 Å². The minimum atomic E-state index is -0.794. The van der Waals surface area contributed by atoms with Gasteiger partial charge >= 0.3 is 0 Å². The first-order valence-corrected chi connectivity index (χ1v) is 7.80. The molecule has 1 aliphatic heterocycles. The van der Waals surface area contributed by atoms with Crippen LogP contribution in [-0.4, -0.2) is 29.5 Å². The van der Waals surface area contributed by atoms with Crippen LogP contribution in [0, 0.1) is 0 Å². The third-order valence-electron chi connectivity index (χ3n) is 3.98. The molecule has 3 N–H and O–H groups in total. The fourth-order valence-corrected chi connectivity index (χ4v) is 2.67. The smallest absolute Gasteiger partial charge is 0.240 e. The Morgan fingerprint density at radius 1 is 1.41 bits per heavy atom. The number of carbonyl (C=O) groups excluding carboxylic acids is 1. The summed E-state index contributed by atoms with van der Waals surface area (Å²) < 4.78 is 0. The van der Waals surface area contributed by atoms with Crippen molar-refractivity contribution in [2.45, 2.75) is 51.6 Å². The van der Waals surface area contributed by atoms with Crippen molar-refractivity contribution in [3.05, 3.63) is 23.9 Å². The van der Waals surface area contributed by atoms with Crippen molar-refractivity contribution in [3.63, 3.8) is 0 Å². The molecule has 1 saturated heterocycles. The summed E-state index contributed by atoms with van der Waals surface area (Å²) in [5.41, 5.74) is 6.21. The van der Waals surface area contributed by atoms with Gasteiger partial charge in [0.15, 0.2) is 0 Å². The van der Waals surface area contributed by atoms with Crippen LogP contribution < -0.4 is 16.0 Å². The Hall–Kier alpha value is -1.33. The number of halogens is 1. The van der Waals surface area contributed by atoms with Gasteiger partial charge in [-0.1, -0.05) is 19.4 Å². The highest BCUT2D eigenvalue weighted by Crippen LogP contribution is 2.17. The zero-order valence-electron chi connectivity index (χ0n) is 13.5. The van der Waals surface area contributed by atoms with Crippen LogP contribution in [0.1, 0.15) is 45.1 Å². The Morgan fingerprint density at radius 2 is 2.09 bits per heavy atom. The van der Waals surface area contributed by atoms with Crippen molar-refractivity contribution in [1.29, 1.82) is 0 Å². The predicted octanol–water partition coefficient (Wildman–Crippen LogP) is 2.24. The van der Waals surface area contributed by atoms with Gasteiger partial charge in [-0.3, -0.25) is 4.79 Å². The standard InChI is InChI=1S/C16H26N4O.ClH/c1-3-8-16(2,17)15(21)19-12-13-6-7-14(18-11-13)20-9-4-5-10-20;/h6-7,11H,3-5,8-10,12,17H2,1-2H3,(H,19,21);1H. The van der Waals surface area contributed by atoms with Gasteiger partial charge in [-0.25, -0.2) is 4.98 Å². The first-order chi connectivity index (χ1) is 10.0. The quantitative estimate of drug-likeness (QED) is 0.841. The fraction of sp³-hybridized carbons (Fsp3) is 0.625. The van der Waals surface area contributed by atoms with E-state index < -0.39 is 5.54 Å². The monoisotopic (exact) mass is 326 g/mol. The molecule has 6 heteroatoms. The summed E-state index contributed by atoms with van der Waals surface area (Å²) in [5.74, 6) is 0.921. The van der Waals surface area contributed by atoms with Crippen LogP contribution in [0.5, 0.6) is 0 Å². The van der Waals surface area contributed by atoms with Crippen LogP contribution in [0.15, 0.2) is 18.3 Å². The highest BCUT2D eigenvalue weighted by Gasteiger charge is 2.26. The molecule has 1 fully saturated rings. The van der Waals surface area contributed by atoms with E-state index in [1.54, 1.807) is 6.92 Å². The summed E-state index contributed by atoms with van der Waals surface area (Å²) in [6.07, 6.45) is 5.90. The molecule has 1 aromatic heterocycles. The maximum absolute atomic E-state index is 12.0. The summed E-state index contributed by atoms with van der Waals surface area (Å²) in [6, 6.07) is 4.05. The summed E-state index contributed by atoms with van der Waals surface area (Å²) in [6.45, 7) is 6.46. The average molecular weight is 327 g/mol. The molecule has 22 heavy (non-hydrogen) atoms. The number of hydrogen-bond acceptors (Lipinski definition) is 4. The molecule has 1 aliphatic rings. The zero-order chi connectivity index (χ0) is 15.3. The molecule has 0 radical (unpaired) electrons. The minimum Gasteiger partial charge on any atom is -0.357 e. The van der Waals surface area contributed by atoms with Crippen LogP contribution >= 0.6 is 12.4 Å². The summed E-state index contributed by atoms with van der Waals surface area (Å²) in [4.78, 5) is 18.8. The van der Waals surface area contributed by atoms with E-state index in [2.05, 4.69) is 15.2 Å². The molecule has 0 bridgehead atoms. The third kappa shape index (κ3) is 4.85. The van der Waals surface area contributed by atoms with Crippen LogP contribution in [0.2, 0.25) is 0 Å². The molecule has 2 rings (SSSR count). The lowest BCUT2D eigenvalue weighted by molar-refractivity contribution is -0.126. The topological polar surface area (TPSA) is 71.2 Å². The van der Waals surface area contributed by atoms with Crippen molar-refractivity contribution < 1.29 is 4.79 Å². The van der Waals surface area contributed by atoms with Gasteiger partial charge in [0.2, 0.25) is 5.91 Å². The van der Waals surface area contributed by atoms with Crippen molar-refractivity contribution in [2.75, 3.05) is 18.0 Å². The number of carbonyl (C=O) groups is 1. The van der Waals surface area contributed by atoms with Gasteiger partial charge in [0.25, 0.3) is 0 Å². The van der Waals surface area contributed by atoms with E-state index in [0.717, 1.165) is 30.9 Å². The minimum absolute atomic E-state index is 0. The summed E-state index contributed by atoms with van der Waals surface area (Å²) >= 11 is 0. The molecule has 0 aromatic carbocycles. The van der Waals surface area contributed by atoms with E-state index in [0.29, 0.717) is 13.0 Å². The Kier molecular flexibility index (Phi) is 7.10. The highest BCUT2D eigenvalue weighted by atomic mass is 35.5. The van der Waals surface area contributed by atoms with Crippen molar-refractivity contribution in [1.82, 2.24) is 10.3 Å². The van der Waals surface area contributed by atoms with Gasteiger partial charge in [0.1, 0.15) is 5.82 Å². The maximum Gasteiger partial charge on any atom is 0.240 e. The Morgan fingerprint density at radius 3 is 2.64 bits per heavy atom. The molecular formula is C16H27ClN4O. The molecule has 1 aromatic rings. The Labute approximate surface area is 139 Å². The fourth-order valence-electron chi connectivity index (χ4n) is 2.67. The Bertz CT molecular complexity index is 470. The number of nitrogens with two attached hydrogens (primary N) is 1. The number of nitrogens with one attached hydrogen (secondary N) is 1. The Balaban J connectivity index is 0.00000242. The van der Waals surface area contributed by atoms with Gasteiger partial charge in [-0.05, 0) is 37.8 Å². The SMILES string of the molecule is CCCC(C)(N)C(=O)NCc1ccc(N2CCCC2)nc1.Cl. The number of nitrogens with zero attached hydrogens (tertiary/aromatic N) is 2. The van der Waals surface area contributed by atoms with E-state index in [9.17, 15) is 4.79 Å². The number of anilines is 1. The lowest BCUT2D eigenvalue weighted by Crippen LogP contribution is -2.51. The molecule has 1 atom stereocenters. The third-order valence-corrected chi connectivity index (χ3v) is 3.98. The molecule has 1 amide bonds. The maximum atomic E-state index is 12.0. The van der Waals surface area contributed by atoms with Crippen LogP contribution in [0.25, 0.3) is 0 Å². The zero-order valence-corrected chi connectivity index (χ0v) is 14.3. The lowest BCUT2D eigenvalue weighted by Gasteiger charge is -2.23. The second-order valence-electron chi connectivity index (χ2n) is 6.07. The molecule has 124 valence electrons. The van der Waals surface area contributed by atoms with Gasteiger partial charge in [0.05, 0.1) is 5.54 Å². The highest BCUT2D eigenvalue weighted by molar-refractivity contribution is 5.85. The normalized spacial score (nSPS) is 16.8. The van der Waals surface area contributed by atoms with Crippen LogP contribution in [0.4, 0.5) is 5.82 Å². The van der Waals surface area contributed by atoms with E-state index in [1.807, 2.05) is 25.3 Å². The number of rotatable bonds is 6. The predicted molar refractivity (Wildman–Crippen MR) is 92.3 cm³/mol. The van der Waals surface area contributed by atoms with E-state index in [1.165, 1.54) is 12.8 Å². The van der Waals surface area contributed by atoms with E-state index >= 15 is 0 Å². The molecular weight excluding hydrogens is 300 g/mol. The number of hydrogen-bond donors (Lipinski definition) is 2. The van der Waals surface area contributed by atoms with Gasteiger partial charge in [-0.15, -0.1) is 12.4 Å². The molecule has 0 aliphatic carbocycles. The molecule has 5 nitrogen and oxygen atoms in total. The van der Waals surface area contributed by atoms with Gasteiger partial charge in [-0.2, -0.15) is 0 Å². The molecule has 1 unspecified atom stereocenters. The molecule has 0 saturated carbocycles. The molecule has 2 heterocycles. The van der Waals surface area contributed by atoms with Crippen LogP contribution in [-0.2, 0) is 11.3 Å². The van der Waals surface area contributed by atoms with Crippen molar-refractivity contribution in [2.24, 2.45) is 5.73 Å². The van der Waals surface area contributed by atoms with Gasteiger partial charge < -0.3 is 16.0 Å². The van der Waals surface area contributed by atoms with E-state index in [-0.39, 0.29) is 18.3 Å². The first kappa shape index (κ1) is 18.7. The molecule has 0 spiro atoms.